The van der Waals surface area contributed by atoms with Crippen LogP contribution in [0.15, 0.2) is 24.3 Å². The van der Waals surface area contributed by atoms with Crippen LogP contribution in [0.2, 0.25) is 0 Å². The highest BCUT2D eigenvalue weighted by Gasteiger charge is 2.41. The van der Waals surface area contributed by atoms with Gasteiger partial charge in [0, 0.05) is 25.7 Å². The minimum absolute atomic E-state index is 0.216. The molecule has 1 heterocycles. The van der Waals surface area contributed by atoms with Gasteiger partial charge in [0.05, 0.1) is 0 Å². The topological polar surface area (TPSA) is 60.9 Å². The summed E-state index contributed by atoms with van der Waals surface area (Å²) in [6, 6.07) is 6.42. The number of nitrogens with zero attached hydrogens (tertiary/aromatic N) is 2. The molecule has 1 saturated carbocycles. The maximum Gasteiger partial charge on any atom is 0.327 e. The molecule has 0 spiro atoms. The zero-order valence-electron chi connectivity index (χ0n) is 12.3. The Labute approximate surface area is 124 Å². The molecule has 1 N–H and O–H groups in total. The molecule has 1 aliphatic heterocycles. The molecule has 2 unspecified atom stereocenters. The molecular weight excluding hydrogens is 268 g/mol. The highest BCUT2D eigenvalue weighted by atomic mass is 16.4. The van der Waals surface area contributed by atoms with E-state index < -0.39 is 12.0 Å². The number of rotatable bonds is 3. The van der Waals surface area contributed by atoms with Gasteiger partial charge in [0.2, 0.25) is 0 Å². The molecule has 0 aromatic heterocycles. The highest BCUT2D eigenvalue weighted by molar-refractivity contribution is 6.00. The SMILES string of the molecule is CC1CC1CN(C)C(=O)N1c2ccccc2C[C@H]1C(=O)O. The lowest BCUT2D eigenvalue weighted by Crippen LogP contribution is -2.49. The minimum Gasteiger partial charge on any atom is -0.480 e. The molecule has 0 radical (unpaired) electrons. The van der Waals surface area contributed by atoms with Crippen molar-refractivity contribution in [3.8, 4) is 0 Å². The van der Waals surface area contributed by atoms with E-state index in [9.17, 15) is 14.7 Å². The second-order valence-electron chi connectivity index (χ2n) is 6.19. The summed E-state index contributed by atoms with van der Waals surface area (Å²) in [6.45, 7) is 2.87. The van der Waals surface area contributed by atoms with E-state index in [1.807, 2.05) is 24.3 Å². The summed E-state index contributed by atoms with van der Waals surface area (Å²) in [5, 5.41) is 9.41. The number of benzene rings is 1. The number of carboxylic acids is 1. The largest absolute Gasteiger partial charge is 0.480 e. The van der Waals surface area contributed by atoms with Crippen LogP contribution < -0.4 is 4.90 Å². The summed E-state index contributed by atoms with van der Waals surface area (Å²) in [5.74, 6) is 0.272. The van der Waals surface area contributed by atoms with Gasteiger partial charge in [0.1, 0.15) is 6.04 Å². The summed E-state index contributed by atoms with van der Waals surface area (Å²) in [5.41, 5.74) is 1.65. The number of fused-ring (bicyclic) bond motifs is 1. The lowest BCUT2D eigenvalue weighted by molar-refractivity contribution is -0.138. The number of aliphatic carboxylic acids is 1. The van der Waals surface area contributed by atoms with Gasteiger partial charge in [-0.05, 0) is 29.9 Å². The van der Waals surface area contributed by atoms with Gasteiger partial charge in [0.15, 0.2) is 0 Å². The van der Waals surface area contributed by atoms with Crippen LogP contribution in [0.5, 0.6) is 0 Å². The predicted octanol–water partition coefficient (Wildman–Crippen LogP) is 2.21. The van der Waals surface area contributed by atoms with Crippen molar-refractivity contribution in [2.24, 2.45) is 11.8 Å². The van der Waals surface area contributed by atoms with Gasteiger partial charge in [-0.3, -0.25) is 4.90 Å². The smallest absolute Gasteiger partial charge is 0.327 e. The van der Waals surface area contributed by atoms with E-state index in [0.717, 1.165) is 17.7 Å². The number of carbonyl (C=O) groups excluding carboxylic acids is 1. The van der Waals surface area contributed by atoms with Gasteiger partial charge < -0.3 is 10.0 Å². The molecule has 21 heavy (non-hydrogen) atoms. The molecule has 112 valence electrons. The maximum atomic E-state index is 12.7. The van der Waals surface area contributed by atoms with E-state index in [0.29, 0.717) is 24.8 Å². The third-order valence-corrected chi connectivity index (χ3v) is 4.58. The summed E-state index contributed by atoms with van der Waals surface area (Å²) >= 11 is 0. The predicted molar refractivity (Wildman–Crippen MR) is 79.3 cm³/mol. The van der Waals surface area contributed by atoms with Gasteiger partial charge in [-0.15, -0.1) is 0 Å². The quantitative estimate of drug-likeness (QED) is 0.927. The molecule has 0 bridgehead atoms. The fraction of sp³-hybridized carbons (Fsp3) is 0.500. The first-order chi connectivity index (χ1) is 9.99. The summed E-state index contributed by atoms with van der Waals surface area (Å²) in [4.78, 5) is 27.3. The van der Waals surface area contributed by atoms with Crippen molar-refractivity contribution in [3.05, 3.63) is 29.8 Å². The lowest BCUT2D eigenvalue weighted by atomic mass is 10.1. The number of amides is 2. The third-order valence-electron chi connectivity index (χ3n) is 4.58. The fourth-order valence-electron chi connectivity index (χ4n) is 3.09. The minimum atomic E-state index is -0.951. The second kappa shape index (κ2) is 5.06. The van der Waals surface area contributed by atoms with Gasteiger partial charge in [-0.2, -0.15) is 0 Å². The molecule has 0 saturated heterocycles. The number of para-hydroxylation sites is 1. The molecule has 1 aromatic rings. The molecule has 2 amide bonds. The number of urea groups is 1. The Morgan fingerprint density at radius 3 is 2.67 bits per heavy atom. The molecule has 3 rings (SSSR count). The van der Waals surface area contributed by atoms with Gasteiger partial charge >= 0.3 is 12.0 Å². The standard InChI is InChI=1S/C16H20N2O3/c1-10-7-12(10)9-17(2)16(21)18-13-6-4-3-5-11(13)8-14(18)15(19)20/h3-6,10,12,14H,7-9H2,1-2H3,(H,19,20)/t10?,12?,14-/m0/s1. The van der Waals surface area contributed by atoms with Crippen LogP contribution in [0.4, 0.5) is 10.5 Å². The molecule has 1 aliphatic carbocycles. The molecule has 5 nitrogen and oxygen atoms in total. The summed E-state index contributed by atoms with van der Waals surface area (Å²) in [7, 11) is 1.76. The van der Waals surface area contributed by atoms with E-state index in [2.05, 4.69) is 6.92 Å². The van der Waals surface area contributed by atoms with Gasteiger partial charge in [0.25, 0.3) is 0 Å². The molecule has 3 atom stereocenters. The van der Waals surface area contributed by atoms with E-state index >= 15 is 0 Å². The normalized spacial score (nSPS) is 26.4. The van der Waals surface area contributed by atoms with Crippen molar-refractivity contribution in [1.29, 1.82) is 0 Å². The Kier molecular flexibility index (Phi) is 3.35. The zero-order valence-corrected chi connectivity index (χ0v) is 12.3. The number of anilines is 1. The molecule has 2 aliphatic rings. The maximum absolute atomic E-state index is 12.7. The summed E-state index contributed by atoms with van der Waals surface area (Å²) < 4.78 is 0. The van der Waals surface area contributed by atoms with E-state index in [1.165, 1.54) is 4.90 Å². The first kappa shape index (κ1) is 13.9. The first-order valence-electron chi connectivity index (χ1n) is 7.34. The van der Waals surface area contributed by atoms with Crippen LogP contribution in [0.25, 0.3) is 0 Å². The highest BCUT2D eigenvalue weighted by Crippen LogP contribution is 2.39. The van der Waals surface area contributed by atoms with Crippen molar-refractivity contribution in [2.75, 3.05) is 18.5 Å². The molecule has 5 heteroatoms. The van der Waals surface area contributed by atoms with E-state index in [4.69, 9.17) is 0 Å². The van der Waals surface area contributed by atoms with Crippen LogP contribution in [-0.4, -0.2) is 41.6 Å². The Balaban J connectivity index is 1.83. The Hall–Kier alpha value is -2.04. The number of carbonyl (C=O) groups is 2. The molecular formula is C16H20N2O3. The van der Waals surface area contributed by atoms with E-state index in [-0.39, 0.29) is 6.03 Å². The van der Waals surface area contributed by atoms with Crippen LogP contribution >= 0.6 is 0 Å². The van der Waals surface area contributed by atoms with Gasteiger partial charge in [-0.25, -0.2) is 9.59 Å². The second-order valence-corrected chi connectivity index (χ2v) is 6.19. The first-order valence-corrected chi connectivity index (χ1v) is 7.34. The molecule has 1 aromatic carbocycles. The third kappa shape index (κ3) is 2.48. The monoisotopic (exact) mass is 288 g/mol. The Bertz CT molecular complexity index is 587. The number of hydrogen-bond donors (Lipinski definition) is 1. The van der Waals surface area contributed by atoms with Crippen molar-refractivity contribution in [1.82, 2.24) is 4.90 Å². The zero-order chi connectivity index (χ0) is 15.1. The Morgan fingerprint density at radius 1 is 1.38 bits per heavy atom. The van der Waals surface area contributed by atoms with Crippen molar-refractivity contribution < 1.29 is 14.7 Å². The van der Waals surface area contributed by atoms with Crippen LogP contribution in [-0.2, 0) is 11.2 Å². The average Bonchev–Trinajstić information content (AvgIpc) is 3.01. The lowest BCUT2D eigenvalue weighted by Gasteiger charge is -2.28. The molecule has 1 fully saturated rings. The fourth-order valence-corrected chi connectivity index (χ4v) is 3.09. The summed E-state index contributed by atoms with van der Waals surface area (Å²) in [6.07, 6.45) is 1.53. The van der Waals surface area contributed by atoms with Gasteiger partial charge in [-0.1, -0.05) is 25.1 Å². The van der Waals surface area contributed by atoms with Crippen LogP contribution in [0.1, 0.15) is 18.9 Å². The number of carboxylic acid groups (broad SMARTS) is 1. The van der Waals surface area contributed by atoms with Crippen molar-refractivity contribution in [2.45, 2.75) is 25.8 Å². The Morgan fingerprint density at radius 2 is 2.05 bits per heavy atom. The average molecular weight is 288 g/mol. The van der Waals surface area contributed by atoms with Crippen molar-refractivity contribution in [3.63, 3.8) is 0 Å². The van der Waals surface area contributed by atoms with Crippen molar-refractivity contribution >= 4 is 17.7 Å². The van der Waals surface area contributed by atoms with E-state index in [1.54, 1.807) is 11.9 Å². The van der Waals surface area contributed by atoms with Crippen LogP contribution in [0.3, 0.4) is 0 Å². The number of hydrogen-bond acceptors (Lipinski definition) is 2. The van der Waals surface area contributed by atoms with Crippen LogP contribution in [0, 0.1) is 11.8 Å².